The summed E-state index contributed by atoms with van der Waals surface area (Å²) in [5.41, 5.74) is 6.23. The van der Waals surface area contributed by atoms with Crippen LogP contribution in [0.15, 0.2) is 42.5 Å². The van der Waals surface area contributed by atoms with Crippen LogP contribution in [0.1, 0.15) is 17.2 Å². The van der Waals surface area contributed by atoms with E-state index < -0.39 is 29.8 Å². The van der Waals surface area contributed by atoms with Crippen LogP contribution >= 0.6 is 0 Å². The number of rotatable bonds is 3. The molecule has 2 N–H and O–H groups in total. The molecule has 112 valence electrons. The molecule has 0 fully saturated rings. The van der Waals surface area contributed by atoms with Crippen molar-refractivity contribution in [3.8, 4) is 5.75 Å². The number of benzene rings is 2. The SMILES string of the molecule is NC(c1ccc(OC(F)(F)F)cc1)c1ccc(F)cc1F. The van der Waals surface area contributed by atoms with Crippen molar-refractivity contribution in [3.63, 3.8) is 0 Å². The lowest BCUT2D eigenvalue weighted by Gasteiger charge is -2.15. The Morgan fingerprint density at radius 3 is 2.10 bits per heavy atom. The van der Waals surface area contributed by atoms with Gasteiger partial charge in [-0.2, -0.15) is 0 Å². The van der Waals surface area contributed by atoms with Crippen LogP contribution in [0.2, 0.25) is 0 Å². The van der Waals surface area contributed by atoms with E-state index in [0.29, 0.717) is 11.6 Å². The number of hydrogen-bond acceptors (Lipinski definition) is 2. The third-order valence-electron chi connectivity index (χ3n) is 2.77. The molecule has 0 bridgehead atoms. The second-order valence-electron chi connectivity index (χ2n) is 4.26. The minimum Gasteiger partial charge on any atom is -0.406 e. The molecule has 2 aromatic rings. The van der Waals surface area contributed by atoms with Crippen molar-refractivity contribution >= 4 is 0 Å². The van der Waals surface area contributed by atoms with Gasteiger partial charge in [-0.05, 0) is 23.8 Å². The molecule has 1 unspecified atom stereocenters. The van der Waals surface area contributed by atoms with E-state index in [2.05, 4.69) is 4.74 Å². The van der Waals surface area contributed by atoms with Gasteiger partial charge in [0, 0.05) is 11.6 Å². The fraction of sp³-hybridized carbons (Fsp3) is 0.143. The molecule has 0 saturated carbocycles. The normalized spacial score (nSPS) is 13.0. The molecule has 0 aromatic heterocycles. The molecule has 0 aliphatic carbocycles. The van der Waals surface area contributed by atoms with Gasteiger partial charge in [0.05, 0.1) is 6.04 Å². The Morgan fingerprint density at radius 1 is 0.952 bits per heavy atom. The van der Waals surface area contributed by atoms with Gasteiger partial charge in [-0.3, -0.25) is 0 Å². The van der Waals surface area contributed by atoms with Crippen molar-refractivity contribution in [2.24, 2.45) is 5.73 Å². The zero-order chi connectivity index (χ0) is 15.6. The van der Waals surface area contributed by atoms with E-state index in [1.165, 1.54) is 18.2 Å². The summed E-state index contributed by atoms with van der Waals surface area (Å²) in [6.45, 7) is 0. The maximum Gasteiger partial charge on any atom is 0.573 e. The first-order valence-corrected chi connectivity index (χ1v) is 5.82. The summed E-state index contributed by atoms with van der Waals surface area (Å²) in [5.74, 6) is -1.96. The molecule has 2 aromatic carbocycles. The van der Waals surface area contributed by atoms with Crippen LogP contribution < -0.4 is 10.5 Å². The van der Waals surface area contributed by atoms with E-state index in [1.54, 1.807) is 0 Å². The monoisotopic (exact) mass is 303 g/mol. The highest BCUT2D eigenvalue weighted by Crippen LogP contribution is 2.27. The topological polar surface area (TPSA) is 35.2 Å². The van der Waals surface area contributed by atoms with E-state index in [0.717, 1.165) is 18.2 Å². The maximum atomic E-state index is 13.6. The molecule has 0 saturated heterocycles. The molecule has 1 atom stereocenters. The fourth-order valence-electron chi connectivity index (χ4n) is 1.81. The van der Waals surface area contributed by atoms with Crippen LogP contribution in [-0.2, 0) is 0 Å². The van der Waals surface area contributed by atoms with Gasteiger partial charge in [0.25, 0.3) is 0 Å². The molecule has 0 amide bonds. The van der Waals surface area contributed by atoms with Crippen LogP contribution in [0.4, 0.5) is 22.0 Å². The van der Waals surface area contributed by atoms with Gasteiger partial charge < -0.3 is 10.5 Å². The molecule has 0 aliphatic heterocycles. The Hall–Kier alpha value is -2.15. The minimum atomic E-state index is -4.79. The molecule has 7 heteroatoms. The lowest BCUT2D eigenvalue weighted by Crippen LogP contribution is -2.17. The van der Waals surface area contributed by atoms with Crippen molar-refractivity contribution in [3.05, 3.63) is 65.2 Å². The van der Waals surface area contributed by atoms with Gasteiger partial charge in [-0.25, -0.2) is 8.78 Å². The van der Waals surface area contributed by atoms with Gasteiger partial charge in [0.1, 0.15) is 17.4 Å². The molecular weight excluding hydrogens is 293 g/mol. The van der Waals surface area contributed by atoms with Gasteiger partial charge in [0.2, 0.25) is 0 Å². The number of halogens is 5. The molecule has 0 heterocycles. The average Bonchev–Trinajstić information content (AvgIpc) is 2.37. The summed E-state index contributed by atoms with van der Waals surface area (Å²) in [7, 11) is 0. The molecule has 21 heavy (non-hydrogen) atoms. The highest BCUT2D eigenvalue weighted by Gasteiger charge is 2.31. The van der Waals surface area contributed by atoms with Gasteiger partial charge >= 0.3 is 6.36 Å². The fourth-order valence-corrected chi connectivity index (χ4v) is 1.81. The first kappa shape index (κ1) is 15.2. The highest BCUT2D eigenvalue weighted by molar-refractivity contribution is 5.35. The lowest BCUT2D eigenvalue weighted by atomic mass is 9.99. The Kier molecular flexibility index (Phi) is 4.13. The second-order valence-corrected chi connectivity index (χ2v) is 4.26. The van der Waals surface area contributed by atoms with Crippen molar-refractivity contribution < 1.29 is 26.7 Å². The zero-order valence-corrected chi connectivity index (χ0v) is 10.5. The number of ether oxygens (including phenoxy) is 1. The summed E-state index contributed by atoms with van der Waals surface area (Å²) in [6, 6.07) is 6.73. The number of nitrogens with two attached hydrogens (primary N) is 1. The Bertz CT molecular complexity index is 624. The van der Waals surface area contributed by atoms with E-state index >= 15 is 0 Å². The van der Waals surface area contributed by atoms with E-state index in [4.69, 9.17) is 5.73 Å². The van der Waals surface area contributed by atoms with Gasteiger partial charge in [-0.15, -0.1) is 13.2 Å². The minimum absolute atomic E-state index is 0.0425. The van der Waals surface area contributed by atoms with Crippen molar-refractivity contribution in [2.75, 3.05) is 0 Å². The largest absolute Gasteiger partial charge is 0.573 e. The average molecular weight is 303 g/mol. The predicted octanol–water partition coefficient (Wildman–Crippen LogP) is 3.91. The van der Waals surface area contributed by atoms with Gasteiger partial charge in [0.15, 0.2) is 0 Å². The van der Waals surface area contributed by atoms with Crippen molar-refractivity contribution in [1.29, 1.82) is 0 Å². The Morgan fingerprint density at radius 2 is 1.57 bits per heavy atom. The molecule has 2 nitrogen and oxygen atoms in total. The third-order valence-corrected chi connectivity index (χ3v) is 2.77. The smallest absolute Gasteiger partial charge is 0.406 e. The van der Waals surface area contributed by atoms with Crippen LogP contribution in [0.5, 0.6) is 5.75 Å². The van der Waals surface area contributed by atoms with Crippen LogP contribution in [0.25, 0.3) is 0 Å². The molecule has 2 rings (SSSR count). The van der Waals surface area contributed by atoms with Crippen LogP contribution in [0, 0.1) is 11.6 Å². The standard InChI is InChI=1S/C14H10F5NO/c15-9-3-6-11(12(16)7-9)13(20)8-1-4-10(5-2-8)21-14(17,18)19/h1-7,13H,20H2. The van der Waals surface area contributed by atoms with Crippen LogP contribution in [0.3, 0.4) is 0 Å². The van der Waals surface area contributed by atoms with Crippen molar-refractivity contribution in [2.45, 2.75) is 12.4 Å². The summed E-state index contributed by atoms with van der Waals surface area (Å²) in [6.07, 6.45) is -4.79. The molecular formula is C14H10F5NO. The lowest BCUT2D eigenvalue weighted by molar-refractivity contribution is -0.274. The van der Waals surface area contributed by atoms with E-state index in [9.17, 15) is 22.0 Å². The predicted molar refractivity (Wildman–Crippen MR) is 65.5 cm³/mol. The first-order valence-electron chi connectivity index (χ1n) is 5.82. The Labute approximate surface area is 116 Å². The molecule has 0 aliphatic rings. The third kappa shape index (κ3) is 3.91. The first-order chi connectivity index (χ1) is 9.76. The molecule has 0 radical (unpaired) electrons. The van der Waals surface area contributed by atoms with Crippen LogP contribution in [-0.4, -0.2) is 6.36 Å². The number of hydrogen-bond donors (Lipinski definition) is 1. The summed E-state index contributed by atoms with van der Waals surface area (Å²) in [5, 5.41) is 0. The van der Waals surface area contributed by atoms with E-state index in [1.807, 2.05) is 0 Å². The quantitative estimate of drug-likeness (QED) is 0.873. The Balaban J connectivity index is 2.22. The summed E-state index contributed by atoms with van der Waals surface area (Å²) in [4.78, 5) is 0. The molecule has 0 spiro atoms. The highest BCUT2D eigenvalue weighted by atomic mass is 19.4. The summed E-state index contributed by atoms with van der Waals surface area (Å²) < 4.78 is 66.2. The summed E-state index contributed by atoms with van der Waals surface area (Å²) >= 11 is 0. The second kappa shape index (κ2) is 5.69. The van der Waals surface area contributed by atoms with Gasteiger partial charge in [-0.1, -0.05) is 18.2 Å². The zero-order valence-electron chi connectivity index (χ0n) is 10.5. The van der Waals surface area contributed by atoms with E-state index in [-0.39, 0.29) is 5.56 Å². The number of alkyl halides is 3. The maximum absolute atomic E-state index is 13.6. The van der Waals surface area contributed by atoms with Crippen molar-refractivity contribution in [1.82, 2.24) is 0 Å².